The van der Waals surface area contributed by atoms with Crippen molar-refractivity contribution in [2.75, 3.05) is 24.4 Å². The molecule has 2 fully saturated rings. The van der Waals surface area contributed by atoms with Crippen molar-refractivity contribution in [1.29, 1.82) is 0 Å². The van der Waals surface area contributed by atoms with Crippen LogP contribution in [0, 0.1) is 5.82 Å². The smallest absolute Gasteiger partial charge is 0.288 e. The fourth-order valence-electron chi connectivity index (χ4n) is 4.60. The Hall–Kier alpha value is -2.15. The predicted molar refractivity (Wildman–Crippen MR) is 111 cm³/mol. The van der Waals surface area contributed by atoms with Gasteiger partial charge in [-0.1, -0.05) is 0 Å². The van der Waals surface area contributed by atoms with Gasteiger partial charge in [-0.05, 0) is 45.1 Å². The largest absolute Gasteiger partial charge is 0.388 e. The topological polar surface area (TPSA) is 129 Å². The monoisotopic (exact) mass is 455 g/mol. The summed E-state index contributed by atoms with van der Waals surface area (Å²) in [7, 11) is -3.30. The minimum atomic E-state index is -3.30. The summed E-state index contributed by atoms with van der Waals surface area (Å²) in [5.74, 6) is -1.02. The minimum absolute atomic E-state index is 0.0669. The van der Waals surface area contributed by atoms with Crippen molar-refractivity contribution in [3.63, 3.8) is 0 Å². The zero-order valence-electron chi connectivity index (χ0n) is 17.4. The highest BCUT2D eigenvalue weighted by atomic mass is 32.2. The molecule has 0 radical (unpaired) electrons. The van der Waals surface area contributed by atoms with Gasteiger partial charge in [0, 0.05) is 24.7 Å². The molecule has 2 aromatic rings. The Labute approximate surface area is 178 Å². The van der Waals surface area contributed by atoms with Crippen molar-refractivity contribution in [1.82, 2.24) is 18.8 Å². The number of anilines is 1. The van der Waals surface area contributed by atoms with Gasteiger partial charge in [-0.2, -0.15) is 4.98 Å². The number of piperidine rings is 1. The molecule has 4 rings (SSSR count). The molecule has 1 aliphatic heterocycles. The van der Waals surface area contributed by atoms with E-state index in [4.69, 9.17) is 0 Å². The molecule has 0 spiro atoms. The molecule has 10 nitrogen and oxygen atoms in total. The lowest BCUT2D eigenvalue weighted by Gasteiger charge is -2.34. The molecular formula is C19H26FN5O5S. The lowest BCUT2D eigenvalue weighted by atomic mass is 10.00. The fourth-order valence-corrected chi connectivity index (χ4v) is 5.47. The maximum Gasteiger partial charge on any atom is 0.288 e. The summed E-state index contributed by atoms with van der Waals surface area (Å²) in [4.78, 5) is 21.1. The Morgan fingerprint density at radius 2 is 1.97 bits per heavy atom. The van der Waals surface area contributed by atoms with Gasteiger partial charge in [-0.3, -0.25) is 14.6 Å². The van der Waals surface area contributed by atoms with Crippen molar-refractivity contribution in [3.05, 3.63) is 28.4 Å². The number of aromatic nitrogens is 3. The van der Waals surface area contributed by atoms with Crippen LogP contribution in [0.25, 0.3) is 11.0 Å². The second-order valence-electron chi connectivity index (χ2n) is 8.62. The van der Waals surface area contributed by atoms with Crippen molar-refractivity contribution in [2.24, 2.45) is 0 Å². The molecule has 1 saturated heterocycles. The Morgan fingerprint density at radius 3 is 2.55 bits per heavy atom. The normalized spacial score (nSPS) is 25.9. The van der Waals surface area contributed by atoms with Crippen LogP contribution >= 0.6 is 0 Å². The first-order valence-electron chi connectivity index (χ1n) is 10.2. The molecule has 1 saturated carbocycles. The van der Waals surface area contributed by atoms with Crippen LogP contribution in [0.2, 0.25) is 0 Å². The van der Waals surface area contributed by atoms with E-state index >= 15 is 0 Å². The zero-order chi connectivity index (χ0) is 22.6. The van der Waals surface area contributed by atoms with E-state index in [0.29, 0.717) is 32.1 Å². The molecular weight excluding hydrogens is 429 g/mol. The van der Waals surface area contributed by atoms with E-state index in [1.54, 1.807) is 6.92 Å². The number of halogens is 1. The number of hydrogen-bond donors (Lipinski definition) is 2. The highest BCUT2D eigenvalue weighted by Crippen LogP contribution is 2.39. The number of nitrogens with zero attached hydrogens (tertiary/aromatic N) is 5. The van der Waals surface area contributed by atoms with Gasteiger partial charge in [0.25, 0.3) is 11.5 Å². The molecule has 31 heavy (non-hydrogen) atoms. The van der Waals surface area contributed by atoms with E-state index in [1.165, 1.54) is 15.1 Å². The molecule has 2 aliphatic rings. The molecule has 170 valence electrons. The number of pyridine rings is 1. The first-order chi connectivity index (χ1) is 14.5. The van der Waals surface area contributed by atoms with Gasteiger partial charge in [0.15, 0.2) is 5.82 Å². The van der Waals surface area contributed by atoms with E-state index in [0.717, 1.165) is 17.4 Å². The summed E-state index contributed by atoms with van der Waals surface area (Å²) in [6, 6.07) is -0.00904. The Balaban J connectivity index is 1.70. The molecule has 0 unspecified atom stereocenters. The predicted octanol–water partition coefficient (Wildman–Crippen LogP) is 1.03. The number of hydroxylamine groups is 1. The third-order valence-corrected chi connectivity index (χ3v) is 7.65. The summed E-state index contributed by atoms with van der Waals surface area (Å²) in [6.07, 6.45) is 4.88. The second kappa shape index (κ2) is 7.76. The van der Waals surface area contributed by atoms with Gasteiger partial charge < -0.3 is 5.11 Å². The van der Waals surface area contributed by atoms with Crippen molar-refractivity contribution in [3.8, 4) is 0 Å². The van der Waals surface area contributed by atoms with Crippen LogP contribution in [0.3, 0.4) is 0 Å². The van der Waals surface area contributed by atoms with Gasteiger partial charge >= 0.3 is 0 Å². The van der Waals surface area contributed by atoms with E-state index in [1.807, 2.05) is 0 Å². The molecule has 12 heteroatoms. The van der Waals surface area contributed by atoms with Crippen LogP contribution in [0.5, 0.6) is 0 Å². The number of rotatable bonds is 4. The lowest BCUT2D eigenvalue weighted by molar-refractivity contribution is 0.0263. The van der Waals surface area contributed by atoms with Crippen molar-refractivity contribution in [2.45, 2.75) is 56.7 Å². The van der Waals surface area contributed by atoms with Gasteiger partial charge in [-0.25, -0.2) is 27.2 Å². The van der Waals surface area contributed by atoms with Gasteiger partial charge in [0.2, 0.25) is 10.0 Å². The first-order valence-corrected chi connectivity index (χ1v) is 12.1. The van der Waals surface area contributed by atoms with Crippen LogP contribution in [0.1, 0.15) is 45.1 Å². The molecule has 2 N–H and O–H groups in total. The van der Waals surface area contributed by atoms with E-state index in [2.05, 4.69) is 9.97 Å². The number of hydrogen-bond acceptors (Lipinski definition) is 8. The molecule has 3 heterocycles. The zero-order valence-corrected chi connectivity index (χ0v) is 18.2. The second-order valence-corrected chi connectivity index (χ2v) is 10.6. The quantitative estimate of drug-likeness (QED) is 0.654. The average Bonchev–Trinajstić information content (AvgIpc) is 3.06. The van der Waals surface area contributed by atoms with Gasteiger partial charge in [0.1, 0.15) is 5.65 Å². The summed E-state index contributed by atoms with van der Waals surface area (Å²) in [5, 5.41) is 22.6. The third-order valence-electron chi connectivity index (χ3n) is 6.35. The first kappa shape index (κ1) is 22.1. The van der Waals surface area contributed by atoms with Gasteiger partial charge in [-0.15, -0.1) is 0 Å². The van der Waals surface area contributed by atoms with Crippen LogP contribution in [-0.2, 0) is 10.0 Å². The number of fused-ring (bicyclic) bond motifs is 1. The standard InChI is InChI=1S/C19H26FN5O5S/c1-19(27)7-3-4-15(19)24-16-12(10-14(20)17(24)26)11-21-18(22-16)25(28)13-5-8-23(9-6-13)31(2,29)30/h10-11,13,15,27-28H,3-9H2,1-2H3/t15-,19-/m1/s1. The van der Waals surface area contributed by atoms with Crippen LogP contribution in [0.4, 0.5) is 10.3 Å². The average molecular weight is 456 g/mol. The summed E-state index contributed by atoms with van der Waals surface area (Å²) in [5.41, 5.74) is -1.93. The number of sulfonamides is 1. The third kappa shape index (κ3) is 4.04. The Bertz CT molecular complexity index is 1160. The fraction of sp³-hybridized carbons (Fsp3) is 0.632. The maximum absolute atomic E-state index is 14.3. The van der Waals surface area contributed by atoms with Crippen LogP contribution in [-0.4, -0.2) is 68.6 Å². The summed E-state index contributed by atoms with van der Waals surface area (Å²) in [6.45, 7) is 2.13. The highest BCUT2D eigenvalue weighted by Gasteiger charge is 2.40. The summed E-state index contributed by atoms with van der Waals surface area (Å²) < 4.78 is 40.2. The van der Waals surface area contributed by atoms with Crippen molar-refractivity contribution >= 4 is 27.0 Å². The Kier molecular flexibility index (Phi) is 5.53. The van der Waals surface area contributed by atoms with Crippen LogP contribution in [0.15, 0.2) is 17.1 Å². The molecule has 0 bridgehead atoms. The molecule has 1 aliphatic carbocycles. The number of aliphatic hydroxyl groups is 1. The maximum atomic E-state index is 14.3. The minimum Gasteiger partial charge on any atom is -0.388 e. The van der Waals surface area contributed by atoms with E-state index < -0.39 is 39.1 Å². The van der Waals surface area contributed by atoms with Crippen LogP contribution < -0.4 is 10.6 Å². The molecule has 0 aromatic carbocycles. The van der Waals surface area contributed by atoms with Gasteiger partial charge in [0.05, 0.1) is 23.9 Å². The Morgan fingerprint density at radius 1 is 1.29 bits per heavy atom. The molecule has 2 aromatic heterocycles. The van der Waals surface area contributed by atoms with E-state index in [-0.39, 0.29) is 30.1 Å². The summed E-state index contributed by atoms with van der Waals surface area (Å²) >= 11 is 0. The molecule has 2 atom stereocenters. The van der Waals surface area contributed by atoms with E-state index in [9.17, 15) is 27.9 Å². The lowest BCUT2D eigenvalue weighted by Crippen LogP contribution is -2.46. The molecule has 0 amide bonds. The SMILES string of the molecule is C[C@@]1(O)CCC[C@H]1n1c(=O)c(F)cc2cnc(N(O)C3CCN(S(C)(=O)=O)CC3)nc21. The highest BCUT2D eigenvalue weighted by molar-refractivity contribution is 7.88. The van der Waals surface area contributed by atoms with Crippen molar-refractivity contribution < 1.29 is 23.1 Å².